The van der Waals surface area contributed by atoms with Gasteiger partial charge in [0.15, 0.2) is 5.65 Å². The van der Waals surface area contributed by atoms with E-state index in [0.717, 1.165) is 5.56 Å². The summed E-state index contributed by atoms with van der Waals surface area (Å²) in [5.74, 6) is -0.346. The number of rotatable bonds is 3. The second-order valence-electron chi connectivity index (χ2n) is 6.53. The predicted octanol–water partition coefficient (Wildman–Crippen LogP) is 1.29. The molecule has 0 spiro atoms. The molecule has 3 aromatic rings. The van der Waals surface area contributed by atoms with Crippen molar-refractivity contribution in [2.75, 3.05) is 13.1 Å². The third-order valence-electron chi connectivity index (χ3n) is 4.90. The number of aryl methyl sites for hydroxylation is 1. The van der Waals surface area contributed by atoms with Crippen molar-refractivity contribution in [3.63, 3.8) is 0 Å². The molecular formula is C18H18FN5O2. The zero-order valence-electron chi connectivity index (χ0n) is 14.3. The lowest BCUT2D eigenvalue weighted by Crippen LogP contribution is -2.32. The van der Waals surface area contributed by atoms with Crippen LogP contribution in [0.1, 0.15) is 18.0 Å². The van der Waals surface area contributed by atoms with E-state index < -0.39 is 0 Å². The lowest BCUT2D eigenvalue weighted by atomic mass is 10.1. The number of fused-ring (bicyclic) bond motifs is 1. The van der Waals surface area contributed by atoms with Crippen molar-refractivity contribution in [3.05, 3.63) is 58.7 Å². The van der Waals surface area contributed by atoms with Crippen molar-refractivity contribution in [3.8, 4) is 0 Å². The lowest BCUT2D eigenvalue weighted by Gasteiger charge is -2.17. The average Bonchev–Trinajstić information content (AvgIpc) is 3.21. The Morgan fingerprint density at radius 3 is 2.85 bits per heavy atom. The van der Waals surface area contributed by atoms with Gasteiger partial charge in [0.2, 0.25) is 5.91 Å². The Bertz CT molecular complexity index is 1020. The van der Waals surface area contributed by atoms with Gasteiger partial charge in [-0.25, -0.2) is 19.2 Å². The first-order valence-corrected chi connectivity index (χ1v) is 8.43. The first kappa shape index (κ1) is 16.4. The first-order chi connectivity index (χ1) is 12.5. The molecule has 134 valence electrons. The number of likely N-dealkylation sites (tertiary alicyclic amines) is 1. The molecule has 2 aromatic heterocycles. The number of carbonyl (C=O) groups is 1. The minimum absolute atomic E-state index is 0.0259. The fourth-order valence-electron chi connectivity index (χ4n) is 3.49. The van der Waals surface area contributed by atoms with E-state index in [4.69, 9.17) is 0 Å². The van der Waals surface area contributed by atoms with Crippen LogP contribution in [0.25, 0.3) is 11.2 Å². The highest BCUT2D eigenvalue weighted by molar-refractivity contribution is 5.79. The van der Waals surface area contributed by atoms with Crippen LogP contribution >= 0.6 is 0 Å². The Morgan fingerprint density at radius 1 is 1.31 bits per heavy atom. The van der Waals surface area contributed by atoms with Gasteiger partial charge >= 0.3 is 5.69 Å². The van der Waals surface area contributed by atoms with Gasteiger partial charge in [0, 0.05) is 20.1 Å². The minimum atomic E-state index is -0.320. The Hall–Kier alpha value is -3.03. The molecule has 1 atom stereocenters. The van der Waals surface area contributed by atoms with Gasteiger partial charge < -0.3 is 4.90 Å². The van der Waals surface area contributed by atoms with Gasteiger partial charge in [-0.2, -0.15) is 0 Å². The molecule has 0 saturated carbocycles. The number of hydrogen-bond donors (Lipinski definition) is 0. The molecule has 1 aliphatic rings. The van der Waals surface area contributed by atoms with Crippen LogP contribution in [0.4, 0.5) is 4.39 Å². The number of nitrogens with zero attached hydrogens (tertiary/aromatic N) is 5. The maximum absolute atomic E-state index is 13.0. The van der Waals surface area contributed by atoms with Gasteiger partial charge in [0.1, 0.15) is 17.7 Å². The highest BCUT2D eigenvalue weighted by atomic mass is 19.1. The van der Waals surface area contributed by atoms with Gasteiger partial charge in [0.25, 0.3) is 0 Å². The molecule has 26 heavy (non-hydrogen) atoms. The van der Waals surface area contributed by atoms with Gasteiger partial charge in [0.05, 0.1) is 18.7 Å². The van der Waals surface area contributed by atoms with E-state index in [1.807, 2.05) is 0 Å². The second-order valence-corrected chi connectivity index (χ2v) is 6.53. The van der Waals surface area contributed by atoms with Crippen molar-refractivity contribution in [2.45, 2.75) is 18.9 Å². The van der Waals surface area contributed by atoms with Crippen LogP contribution in [0.2, 0.25) is 0 Å². The SMILES string of the molecule is Cn1c(=O)n(C2CCN(C(=O)Cc3ccc(F)cc3)C2)c2ncncc21. The largest absolute Gasteiger partial charge is 0.340 e. The predicted molar refractivity (Wildman–Crippen MR) is 93.1 cm³/mol. The molecule has 1 fully saturated rings. The summed E-state index contributed by atoms with van der Waals surface area (Å²) >= 11 is 0. The molecule has 7 nitrogen and oxygen atoms in total. The Labute approximate surface area is 148 Å². The van der Waals surface area contributed by atoms with Gasteiger partial charge in [-0.05, 0) is 24.1 Å². The molecular weight excluding hydrogens is 337 g/mol. The molecule has 1 amide bonds. The molecule has 0 radical (unpaired) electrons. The van der Waals surface area contributed by atoms with E-state index in [0.29, 0.717) is 30.7 Å². The normalized spacial score (nSPS) is 17.2. The van der Waals surface area contributed by atoms with Gasteiger partial charge in [-0.15, -0.1) is 0 Å². The van der Waals surface area contributed by atoms with E-state index in [1.165, 1.54) is 23.0 Å². The molecule has 0 aliphatic carbocycles. The Morgan fingerprint density at radius 2 is 2.08 bits per heavy atom. The van der Waals surface area contributed by atoms with E-state index in [2.05, 4.69) is 9.97 Å². The average molecular weight is 355 g/mol. The molecule has 1 aromatic carbocycles. The Kier molecular flexibility index (Phi) is 4.02. The van der Waals surface area contributed by atoms with Crippen molar-refractivity contribution >= 4 is 17.1 Å². The fraction of sp³-hybridized carbons (Fsp3) is 0.333. The highest BCUT2D eigenvalue weighted by Gasteiger charge is 2.30. The zero-order chi connectivity index (χ0) is 18.3. The van der Waals surface area contributed by atoms with E-state index in [1.54, 1.807) is 34.8 Å². The molecule has 1 unspecified atom stereocenters. The van der Waals surface area contributed by atoms with Crippen molar-refractivity contribution in [2.24, 2.45) is 7.05 Å². The molecule has 1 saturated heterocycles. The number of halogens is 1. The summed E-state index contributed by atoms with van der Waals surface area (Å²) in [7, 11) is 1.69. The summed E-state index contributed by atoms with van der Waals surface area (Å²) in [6.07, 6.45) is 3.95. The van der Waals surface area contributed by atoms with Crippen LogP contribution < -0.4 is 5.69 Å². The lowest BCUT2D eigenvalue weighted by molar-refractivity contribution is -0.129. The molecule has 4 rings (SSSR count). The minimum Gasteiger partial charge on any atom is -0.340 e. The third kappa shape index (κ3) is 2.77. The summed E-state index contributed by atoms with van der Waals surface area (Å²) < 4.78 is 16.2. The number of imidazole rings is 1. The number of amides is 1. The molecule has 0 N–H and O–H groups in total. The number of carbonyl (C=O) groups excluding carboxylic acids is 1. The molecule has 8 heteroatoms. The molecule has 0 bridgehead atoms. The topological polar surface area (TPSA) is 73.0 Å². The summed E-state index contributed by atoms with van der Waals surface area (Å²) in [5, 5.41) is 0. The smallest absolute Gasteiger partial charge is 0.330 e. The zero-order valence-corrected chi connectivity index (χ0v) is 14.3. The number of benzene rings is 1. The van der Waals surface area contributed by atoms with Crippen LogP contribution in [0.15, 0.2) is 41.6 Å². The summed E-state index contributed by atoms with van der Waals surface area (Å²) in [6.45, 7) is 1.04. The van der Waals surface area contributed by atoms with Crippen LogP contribution in [0, 0.1) is 5.82 Å². The molecule has 3 heterocycles. The molecule has 1 aliphatic heterocycles. The number of hydrogen-bond acceptors (Lipinski definition) is 4. The van der Waals surface area contributed by atoms with Gasteiger partial charge in [-0.1, -0.05) is 12.1 Å². The number of aromatic nitrogens is 4. The van der Waals surface area contributed by atoms with Gasteiger partial charge in [-0.3, -0.25) is 13.9 Å². The maximum Gasteiger partial charge on any atom is 0.330 e. The third-order valence-corrected chi connectivity index (χ3v) is 4.90. The summed E-state index contributed by atoms with van der Waals surface area (Å²) in [4.78, 5) is 35.1. The van der Waals surface area contributed by atoms with E-state index in [9.17, 15) is 14.0 Å². The highest BCUT2D eigenvalue weighted by Crippen LogP contribution is 2.24. The summed E-state index contributed by atoms with van der Waals surface area (Å²) in [5.41, 5.74) is 1.88. The van der Waals surface area contributed by atoms with E-state index >= 15 is 0 Å². The van der Waals surface area contributed by atoms with Crippen LogP contribution in [0.5, 0.6) is 0 Å². The van der Waals surface area contributed by atoms with E-state index in [-0.39, 0.29) is 29.9 Å². The Balaban J connectivity index is 1.54. The van der Waals surface area contributed by atoms with Crippen LogP contribution in [-0.4, -0.2) is 43.0 Å². The van der Waals surface area contributed by atoms with Crippen LogP contribution in [-0.2, 0) is 18.3 Å². The van der Waals surface area contributed by atoms with Crippen molar-refractivity contribution < 1.29 is 9.18 Å². The standard InChI is InChI=1S/C18H18FN5O2/c1-22-15-9-20-11-21-17(15)24(18(22)26)14-6-7-23(10-14)16(25)8-12-2-4-13(19)5-3-12/h2-5,9,11,14H,6-8,10H2,1H3. The summed E-state index contributed by atoms with van der Waals surface area (Å²) in [6, 6.07) is 5.83. The quantitative estimate of drug-likeness (QED) is 0.710. The van der Waals surface area contributed by atoms with Crippen LogP contribution in [0.3, 0.4) is 0 Å². The maximum atomic E-state index is 13.0. The fourth-order valence-corrected chi connectivity index (χ4v) is 3.49. The van der Waals surface area contributed by atoms with Crippen molar-refractivity contribution in [1.29, 1.82) is 0 Å². The van der Waals surface area contributed by atoms with Crippen molar-refractivity contribution in [1.82, 2.24) is 24.0 Å². The first-order valence-electron chi connectivity index (χ1n) is 8.43. The monoisotopic (exact) mass is 355 g/mol. The second kappa shape index (κ2) is 6.36.